The zero-order valence-electron chi connectivity index (χ0n) is 19.2. The van der Waals surface area contributed by atoms with E-state index in [1.165, 1.54) is 0 Å². The van der Waals surface area contributed by atoms with Crippen LogP contribution in [0.5, 0.6) is 0 Å². The standard InChI is InChI=1S/C18H35N3O16/c19-6-8(25)10(4(1-22)33-13(6)27)35-14-7(20)9(26)11(5(2-23)34-14)36-15-12(21)17(29,30)18(31,32)16(28,3-24)37-15/h4-15,22-32H,1-3,19-21H2/t4-,5-,6-,7-,8-,9-,10?,11?,12-,13-,14+,15+,16+/m1/s1. The molecule has 19 heteroatoms. The van der Waals surface area contributed by atoms with E-state index in [0.29, 0.717) is 0 Å². The van der Waals surface area contributed by atoms with Crippen molar-refractivity contribution in [3.8, 4) is 0 Å². The average Bonchev–Trinajstić information content (AvgIpc) is 2.85. The van der Waals surface area contributed by atoms with Crippen molar-refractivity contribution in [3.63, 3.8) is 0 Å². The first-order chi connectivity index (χ1) is 17.1. The average molecular weight is 549 g/mol. The summed E-state index contributed by atoms with van der Waals surface area (Å²) >= 11 is 0. The van der Waals surface area contributed by atoms with Gasteiger partial charge in [-0.05, 0) is 0 Å². The second-order valence-electron chi connectivity index (χ2n) is 9.16. The fraction of sp³-hybridized carbons (Fsp3) is 1.00. The Labute approximate surface area is 208 Å². The normalized spacial score (nSPS) is 50.1. The molecule has 0 aromatic rings. The molecule has 3 fully saturated rings. The molecule has 13 atom stereocenters. The molecule has 0 saturated carbocycles. The van der Waals surface area contributed by atoms with Crippen LogP contribution in [0, 0.1) is 0 Å². The monoisotopic (exact) mass is 549 g/mol. The van der Waals surface area contributed by atoms with E-state index in [2.05, 4.69) is 0 Å². The Morgan fingerprint density at radius 2 is 1.19 bits per heavy atom. The number of hydrogen-bond acceptors (Lipinski definition) is 19. The Balaban J connectivity index is 1.79. The molecule has 0 aromatic carbocycles. The van der Waals surface area contributed by atoms with Crippen molar-refractivity contribution in [1.29, 1.82) is 0 Å². The van der Waals surface area contributed by atoms with Gasteiger partial charge in [0, 0.05) is 0 Å². The van der Waals surface area contributed by atoms with Crippen molar-refractivity contribution in [2.45, 2.75) is 91.0 Å². The maximum Gasteiger partial charge on any atom is 0.278 e. The van der Waals surface area contributed by atoms with Gasteiger partial charge in [-0.3, -0.25) is 0 Å². The van der Waals surface area contributed by atoms with Gasteiger partial charge in [-0.1, -0.05) is 0 Å². The number of nitrogens with two attached hydrogens (primary N) is 3. The summed E-state index contributed by atoms with van der Waals surface area (Å²) < 4.78 is 26.5. The van der Waals surface area contributed by atoms with Crippen LogP contribution in [0.2, 0.25) is 0 Å². The molecule has 3 aliphatic rings. The molecular formula is C18H35N3O16. The van der Waals surface area contributed by atoms with Gasteiger partial charge in [-0.25, -0.2) is 0 Å². The van der Waals surface area contributed by atoms with Crippen molar-refractivity contribution < 1.29 is 79.9 Å². The number of ether oxygens (including phenoxy) is 5. The van der Waals surface area contributed by atoms with Crippen LogP contribution in [0.4, 0.5) is 0 Å². The highest BCUT2D eigenvalue weighted by Crippen LogP contribution is 2.41. The van der Waals surface area contributed by atoms with E-state index in [9.17, 15) is 56.2 Å². The van der Waals surface area contributed by atoms with Crippen LogP contribution < -0.4 is 17.2 Å². The van der Waals surface area contributed by atoms with Crippen molar-refractivity contribution in [2.24, 2.45) is 17.2 Å². The van der Waals surface area contributed by atoms with Crippen LogP contribution in [0.25, 0.3) is 0 Å². The third kappa shape index (κ3) is 5.12. The molecule has 17 N–H and O–H groups in total. The van der Waals surface area contributed by atoms with E-state index in [1.807, 2.05) is 0 Å². The minimum absolute atomic E-state index is 0.725. The van der Waals surface area contributed by atoms with Gasteiger partial charge in [0.25, 0.3) is 11.6 Å². The predicted molar refractivity (Wildman–Crippen MR) is 111 cm³/mol. The summed E-state index contributed by atoms with van der Waals surface area (Å²) in [5.74, 6) is -11.1. The molecule has 0 spiro atoms. The zero-order chi connectivity index (χ0) is 28.1. The lowest BCUT2D eigenvalue weighted by molar-refractivity contribution is -0.522. The Bertz CT molecular complexity index is 769. The summed E-state index contributed by atoms with van der Waals surface area (Å²) in [5, 5.41) is 110. The maximum absolute atomic E-state index is 10.8. The largest absolute Gasteiger partial charge is 0.394 e. The lowest BCUT2D eigenvalue weighted by Crippen LogP contribution is -2.82. The van der Waals surface area contributed by atoms with Crippen molar-refractivity contribution in [3.05, 3.63) is 0 Å². The van der Waals surface area contributed by atoms with E-state index in [-0.39, 0.29) is 0 Å². The van der Waals surface area contributed by atoms with Gasteiger partial charge in [0.1, 0.15) is 49.3 Å². The molecule has 19 nitrogen and oxygen atoms in total. The van der Waals surface area contributed by atoms with Gasteiger partial charge < -0.3 is 97.1 Å². The van der Waals surface area contributed by atoms with Gasteiger partial charge in [0.2, 0.25) is 5.79 Å². The minimum Gasteiger partial charge on any atom is -0.394 e. The van der Waals surface area contributed by atoms with E-state index in [0.717, 1.165) is 0 Å². The summed E-state index contributed by atoms with van der Waals surface area (Å²) in [5.41, 5.74) is 17.3. The molecule has 0 radical (unpaired) electrons. The molecule has 2 unspecified atom stereocenters. The molecule has 3 aliphatic heterocycles. The van der Waals surface area contributed by atoms with Crippen LogP contribution in [-0.4, -0.2) is 167 Å². The first-order valence-corrected chi connectivity index (χ1v) is 11.1. The quantitative estimate of drug-likeness (QED) is 0.131. The topological polar surface area (TPSA) is 347 Å². The van der Waals surface area contributed by atoms with Crippen LogP contribution in [-0.2, 0) is 23.7 Å². The number of rotatable bonds is 7. The molecule has 0 aromatic heterocycles. The van der Waals surface area contributed by atoms with Crippen LogP contribution >= 0.6 is 0 Å². The summed E-state index contributed by atoms with van der Waals surface area (Å²) in [6, 6.07) is -5.11. The fourth-order valence-corrected chi connectivity index (χ4v) is 4.28. The highest BCUT2D eigenvalue weighted by atomic mass is 16.8. The summed E-state index contributed by atoms with van der Waals surface area (Å²) in [4.78, 5) is 0. The number of aliphatic hydroxyl groups is 11. The molecule has 3 rings (SSSR count). The highest BCUT2D eigenvalue weighted by molar-refractivity contribution is 5.06. The Kier molecular flexibility index (Phi) is 9.16. The molecule has 0 amide bonds. The second-order valence-corrected chi connectivity index (χ2v) is 9.16. The van der Waals surface area contributed by atoms with Crippen molar-refractivity contribution >= 4 is 0 Å². The van der Waals surface area contributed by atoms with Gasteiger partial charge in [-0.2, -0.15) is 0 Å². The van der Waals surface area contributed by atoms with Crippen molar-refractivity contribution in [2.75, 3.05) is 19.8 Å². The Morgan fingerprint density at radius 3 is 1.70 bits per heavy atom. The molecule has 37 heavy (non-hydrogen) atoms. The molecule has 0 aliphatic carbocycles. The van der Waals surface area contributed by atoms with Gasteiger partial charge in [-0.15, -0.1) is 0 Å². The third-order valence-electron chi connectivity index (χ3n) is 6.75. The van der Waals surface area contributed by atoms with E-state index >= 15 is 0 Å². The SMILES string of the molecule is N[C@H]1[C@H](OC2[C@@H](CO)O[C@@H](O)[C@H](N)[C@H]2O)O[C@H](CO)C(O[C@H]2O[C@@](O)(CO)C(O)(O)C(O)(O)[C@@H]2N)[C@@H]1O. The Hall–Kier alpha value is -0.760. The first-order valence-electron chi connectivity index (χ1n) is 11.1. The van der Waals surface area contributed by atoms with Crippen LogP contribution in [0.3, 0.4) is 0 Å². The van der Waals surface area contributed by atoms with E-state index < -0.39 is 111 Å². The summed E-state index contributed by atoms with van der Waals surface area (Å²) in [6.07, 6.45) is -14.7. The van der Waals surface area contributed by atoms with E-state index in [1.54, 1.807) is 0 Å². The maximum atomic E-state index is 10.8. The van der Waals surface area contributed by atoms with Crippen LogP contribution in [0.1, 0.15) is 0 Å². The van der Waals surface area contributed by atoms with Gasteiger partial charge in [0.05, 0.1) is 25.3 Å². The second kappa shape index (κ2) is 11.0. The smallest absolute Gasteiger partial charge is 0.278 e. The van der Waals surface area contributed by atoms with Gasteiger partial charge >= 0.3 is 0 Å². The molecule has 3 heterocycles. The highest BCUT2D eigenvalue weighted by Gasteiger charge is 2.71. The minimum atomic E-state index is -3.90. The lowest BCUT2D eigenvalue weighted by atomic mass is 9.87. The van der Waals surface area contributed by atoms with E-state index in [4.69, 9.17) is 40.9 Å². The predicted octanol–water partition coefficient (Wildman–Crippen LogP) is -9.71. The third-order valence-corrected chi connectivity index (χ3v) is 6.75. The number of aliphatic hydroxyl groups excluding tert-OH is 6. The first kappa shape index (κ1) is 30.8. The lowest BCUT2D eigenvalue weighted by Gasteiger charge is -2.54. The molecular weight excluding hydrogens is 514 g/mol. The van der Waals surface area contributed by atoms with Crippen molar-refractivity contribution in [1.82, 2.24) is 0 Å². The summed E-state index contributed by atoms with van der Waals surface area (Å²) in [7, 11) is 0. The molecule has 218 valence electrons. The fourth-order valence-electron chi connectivity index (χ4n) is 4.28. The summed E-state index contributed by atoms with van der Waals surface area (Å²) in [6.45, 7) is -3.19. The number of hydrogen-bond donors (Lipinski definition) is 14. The van der Waals surface area contributed by atoms with Gasteiger partial charge in [0.15, 0.2) is 18.9 Å². The molecule has 0 bridgehead atoms. The Morgan fingerprint density at radius 1 is 0.703 bits per heavy atom. The zero-order valence-corrected chi connectivity index (χ0v) is 19.2. The molecule has 3 saturated heterocycles. The van der Waals surface area contributed by atoms with Crippen LogP contribution in [0.15, 0.2) is 0 Å².